The molecule has 0 aliphatic carbocycles. The number of anilines is 2. The minimum atomic E-state index is -3.59. The van der Waals surface area contributed by atoms with Crippen LogP contribution in [0.3, 0.4) is 0 Å². The first kappa shape index (κ1) is 25.5. The number of nitrogens with zero attached hydrogens (tertiary/aromatic N) is 2. The fourth-order valence-electron chi connectivity index (χ4n) is 3.90. The topological polar surface area (TPSA) is 97.7 Å². The Bertz CT molecular complexity index is 1560. The number of para-hydroxylation sites is 2. The monoisotopic (exact) mass is 525 g/mol. The third-order valence-electron chi connectivity index (χ3n) is 5.62. The van der Waals surface area contributed by atoms with Crippen LogP contribution in [0.4, 0.5) is 11.4 Å². The lowest BCUT2D eigenvalue weighted by atomic mass is 10.1. The number of nitrogens with one attached hydrogen (secondary N) is 1. The summed E-state index contributed by atoms with van der Waals surface area (Å²) >= 11 is 1.15. The van der Waals surface area contributed by atoms with E-state index in [1.165, 1.54) is 4.31 Å². The summed E-state index contributed by atoms with van der Waals surface area (Å²) in [5.74, 6) is 0.183. The SMILES string of the molecule is CCOc1ccccc1N(Cc1ccc(C(=O)Nc2ccc3c(c2)sc(=O)n3CC)cc1)S(C)(=O)=O. The second-order valence-corrected chi connectivity index (χ2v) is 11.0. The van der Waals surface area contributed by atoms with Crippen molar-refractivity contribution in [3.63, 3.8) is 0 Å². The summed E-state index contributed by atoms with van der Waals surface area (Å²) in [5.41, 5.74) is 3.04. The first-order valence-corrected chi connectivity index (χ1v) is 14.1. The zero-order valence-electron chi connectivity index (χ0n) is 20.2. The van der Waals surface area contributed by atoms with Gasteiger partial charge in [0.1, 0.15) is 5.75 Å². The van der Waals surface area contributed by atoms with Crippen molar-refractivity contribution < 1.29 is 17.9 Å². The molecule has 0 radical (unpaired) electrons. The van der Waals surface area contributed by atoms with E-state index in [9.17, 15) is 18.0 Å². The lowest BCUT2D eigenvalue weighted by Gasteiger charge is -2.24. The van der Waals surface area contributed by atoms with Crippen molar-refractivity contribution in [1.29, 1.82) is 0 Å². The van der Waals surface area contributed by atoms with Gasteiger partial charge in [-0.2, -0.15) is 0 Å². The molecule has 0 unspecified atom stereocenters. The number of thiazole rings is 1. The number of carbonyl (C=O) groups excluding carboxylic acids is 1. The molecule has 8 nitrogen and oxygen atoms in total. The van der Waals surface area contributed by atoms with Crippen molar-refractivity contribution in [2.24, 2.45) is 0 Å². The molecule has 0 saturated carbocycles. The van der Waals surface area contributed by atoms with Gasteiger partial charge in [0.25, 0.3) is 5.91 Å². The minimum absolute atomic E-state index is 0.0291. The van der Waals surface area contributed by atoms with Crippen LogP contribution in [0.25, 0.3) is 10.2 Å². The van der Waals surface area contributed by atoms with E-state index in [4.69, 9.17) is 4.74 Å². The zero-order chi connectivity index (χ0) is 25.9. The van der Waals surface area contributed by atoms with Gasteiger partial charge in [-0.25, -0.2) is 8.42 Å². The van der Waals surface area contributed by atoms with Gasteiger partial charge in [0.2, 0.25) is 10.0 Å². The van der Waals surface area contributed by atoms with Crippen molar-refractivity contribution >= 4 is 48.9 Å². The smallest absolute Gasteiger partial charge is 0.308 e. The number of sulfonamides is 1. The molecule has 188 valence electrons. The molecule has 1 N–H and O–H groups in total. The van der Waals surface area contributed by atoms with Crippen molar-refractivity contribution in [2.45, 2.75) is 26.9 Å². The summed E-state index contributed by atoms with van der Waals surface area (Å²) in [5, 5.41) is 2.86. The molecule has 1 aromatic heterocycles. The zero-order valence-corrected chi connectivity index (χ0v) is 21.9. The van der Waals surface area contributed by atoms with Crippen LogP contribution in [0.1, 0.15) is 29.8 Å². The van der Waals surface area contributed by atoms with Gasteiger partial charge in [-0.05, 0) is 61.9 Å². The third-order valence-corrected chi connectivity index (χ3v) is 7.69. The second-order valence-electron chi connectivity index (χ2n) is 8.12. The minimum Gasteiger partial charge on any atom is -0.492 e. The van der Waals surface area contributed by atoms with Gasteiger partial charge >= 0.3 is 4.87 Å². The van der Waals surface area contributed by atoms with Crippen molar-refractivity contribution in [3.05, 3.63) is 87.5 Å². The number of aromatic nitrogens is 1. The molecule has 1 heterocycles. The highest BCUT2D eigenvalue weighted by atomic mass is 32.2. The molecule has 0 saturated heterocycles. The molecule has 4 aromatic rings. The van der Waals surface area contributed by atoms with Crippen LogP contribution < -0.4 is 19.2 Å². The van der Waals surface area contributed by atoms with E-state index >= 15 is 0 Å². The van der Waals surface area contributed by atoms with Crippen LogP contribution in [0.2, 0.25) is 0 Å². The Morgan fingerprint density at radius 1 is 1.06 bits per heavy atom. The highest BCUT2D eigenvalue weighted by molar-refractivity contribution is 7.92. The summed E-state index contributed by atoms with van der Waals surface area (Å²) in [7, 11) is -3.59. The van der Waals surface area contributed by atoms with E-state index in [0.717, 1.165) is 33.4 Å². The van der Waals surface area contributed by atoms with Gasteiger partial charge in [0.15, 0.2) is 0 Å². The summed E-state index contributed by atoms with van der Waals surface area (Å²) in [6.07, 6.45) is 1.15. The van der Waals surface area contributed by atoms with Crippen molar-refractivity contribution in [2.75, 3.05) is 22.5 Å². The number of ether oxygens (including phenoxy) is 1. The maximum absolute atomic E-state index is 12.8. The molecule has 0 fully saturated rings. The predicted molar refractivity (Wildman–Crippen MR) is 145 cm³/mol. The Morgan fingerprint density at radius 2 is 1.78 bits per heavy atom. The van der Waals surface area contributed by atoms with Crippen LogP contribution in [-0.2, 0) is 23.1 Å². The standard InChI is InChI=1S/C26H27N3O5S2/c1-4-28-22-15-14-20(16-24(22)35-26(28)31)27-25(30)19-12-10-18(11-13-19)17-29(36(3,32)33)21-8-6-7-9-23(21)34-5-2/h6-16H,4-5,17H2,1-3H3,(H,27,30). The van der Waals surface area contributed by atoms with Gasteiger partial charge < -0.3 is 10.1 Å². The van der Waals surface area contributed by atoms with Crippen LogP contribution in [0.15, 0.2) is 71.5 Å². The molecule has 0 atom stereocenters. The second kappa shape index (κ2) is 10.5. The van der Waals surface area contributed by atoms with Gasteiger partial charge in [-0.15, -0.1) is 0 Å². The number of benzene rings is 3. The fourth-order valence-corrected chi connectivity index (χ4v) is 5.78. The Kier molecular flexibility index (Phi) is 7.46. The molecule has 1 amide bonds. The highest BCUT2D eigenvalue weighted by Gasteiger charge is 2.21. The number of hydrogen-bond donors (Lipinski definition) is 1. The summed E-state index contributed by atoms with van der Waals surface area (Å²) in [6, 6.07) is 19.2. The normalized spacial score (nSPS) is 11.4. The molecule has 36 heavy (non-hydrogen) atoms. The van der Waals surface area contributed by atoms with Crippen molar-refractivity contribution in [3.8, 4) is 5.75 Å². The van der Waals surface area contributed by atoms with E-state index in [2.05, 4.69) is 5.32 Å². The number of hydrogen-bond acceptors (Lipinski definition) is 6. The van der Waals surface area contributed by atoms with Crippen LogP contribution >= 0.6 is 11.3 Å². The van der Waals surface area contributed by atoms with E-state index in [1.54, 1.807) is 65.2 Å². The van der Waals surface area contributed by atoms with Gasteiger partial charge in [-0.3, -0.25) is 18.5 Å². The molecular weight excluding hydrogens is 498 g/mol. The summed E-state index contributed by atoms with van der Waals surface area (Å²) in [4.78, 5) is 24.9. The molecule has 10 heteroatoms. The molecule has 0 spiro atoms. The first-order chi connectivity index (χ1) is 17.2. The Balaban J connectivity index is 1.52. The molecule has 3 aromatic carbocycles. The molecular formula is C26H27N3O5S2. The Morgan fingerprint density at radius 3 is 2.44 bits per heavy atom. The van der Waals surface area contributed by atoms with E-state index in [0.29, 0.717) is 35.8 Å². The quantitative estimate of drug-likeness (QED) is 0.342. The summed E-state index contributed by atoms with van der Waals surface area (Å²) in [6.45, 7) is 4.85. The molecule has 0 aliphatic heterocycles. The molecule has 0 bridgehead atoms. The lowest BCUT2D eigenvalue weighted by molar-refractivity contribution is 0.102. The Labute approximate surface area is 213 Å². The lowest BCUT2D eigenvalue weighted by Crippen LogP contribution is -2.29. The summed E-state index contributed by atoms with van der Waals surface area (Å²) < 4.78 is 34.6. The number of carbonyl (C=O) groups is 1. The van der Waals surface area contributed by atoms with Crippen LogP contribution in [0.5, 0.6) is 5.75 Å². The number of rotatable bonds is 9. The number of aryl methyl sites for hydroxylation is 1. The maximum atomic E-state index is 12.8. The average molecular weight is 526 g/mol. The predicted octanol–water partition coefficient (Wildman–Crippen LogP) is 4.70. The van der Waals surface area contributed by atoms with E-state index in [1.807, 2.05) is 19.9 Å². The van der Waals surface area contributed by atoms with Gasteiger partial charge in [0, 0.05) is 17.8 Å². The first-order valence-electron chi connectivity index (χ1n) is 11.4. The van der Waals surface area contributed by atoms with Crippen LogP contribution in [-0.4, -0.2) is 31.8 Å². The average Bonchev–Trinajstić information content (AvgIpc) is 3.17. The van der Waals surface area contributed by atoms with Crippen molar-refractivity contribution in [1.82, 2.24) is 4.57 Å². The molecule has 0 aliphatic rings. The molecule has 4 rings (SSSR count). The van der Waals surface area contributed by atoms with Gasteiger partial charge in [-0.1, -0.05) is 35.6 Å². The number of amides is 1. The van der Waals surface area contributed by atoms with E-state index < -0.39 is 10.0 Å². The number of fused-ring (bicyclic) bond motifs is 1. The van der Waals surface area contributed by atoms with Crippen LogP contribution in [0, 0.1) is 0 Å². The largest absolute Gasteiger partial charge is 0.492 e. The Hall–Kier alpha value is -3.63. The fraction of sp³-hybridized carbons (Fsp3) is 0.231. The van der Waals surface area contributed by atoms with Gasteiger partial charge in [0.05, 0.1) is 35.3 Å². The third kappa shape index (κ3) is 5.44. The highest BCUT2D eigenvalue weighted by Crippen LogP contribution is 2.31. The maximum Gasteiger partial charge on any atom is 0.308 e. The van der Waals surface area contributed by atoms with E-state index in [-0.39, 0.29) is 17.3 Å².